The molecule has 1 N–H and O–H groups in total. The van der Waals surface area contributed by atoms with E-state index in [1.165, 1.54) is 6.42 Å². The van der Waals surface area contributed by atoms with Crippen LogP contribution < -0.4 is 4.90 Å². The lowest BCUT2D eigenvalue weighted by molar-refractivity contribution is 0.239. The first-order valence-electron chi connectivity index (χ1n) is 5.17. The van der Waals surface area contributed by atoms with E-state index in [-0.39, 0.29) is 17.9 Å². The Morgan fingerprint density at radius 3 is 3.13 bits per heavy atom. The fourth-order valence-electron chi connectivity index (χ4n) is 1.98. The quantitative estimate of drug-likeness (QED) is 0.778. The fraction of sp³-hybridized carbons (Fsp3) is 0.600. The molecule has 1 aliphatic heterocycles. The van der Waals surface area contributed by atoms with Crippen LogP contribution in [0.15, 0.2) is 12.3 Å². The molecular weight excluding hydrogens is 214 g/mol. The van der Waals surface area contributed by atoms with E-state index in [0.29, 0.717) is 0 Å². The van der Waals surface area contributed by atoms with Gasteiger partial charge < -0.3 is 10.0 Å². The molecule has 1 aromatic rings. The molecule has 1 fully saturated rings. The van der Waals surface area contributed by atoms with Crippen molar-refractivity contribution in [2.75, 3.05) is 18.1 Å². The third-order valence-corrected chi connectivity index (χ3v) is 2.93. The lowest BCUT2D eigenvalue weighted by atomic mass is 10.0. The number of hydrogen-bond donors (Lipinski definition) is 1. The number of hydrogen-bond acceptors (Lipinski definition) is 4. The highest BCUT2D eigenvalue weighted by Crippen LogP contribution is 2.23. The maximum Gasteiger partial charge on any atom is 0.224 e. The van der Waals surface area contributed by atoms with Crippen molar-refractivity contribution in [2.24, 2.45) is 0 Å². The van der Waals surface area contributed by atoms with Crippen molar-refractivity contribution in [3.05, 3.63) is 17.5 Å². The maximum absolute atomic E-state index is 9.27. The smallest absolute Gasteiger partial charge is 0.224 e. The molecule has 1 aliphatic rings. The number of nitrogens with zero attached hydrogens (tertiary/aromatic N) is 3. The van der Waals surface area contributed by atoms with Crippen LogP contribution in [0.3, 0.4) is 0 Å². The number of halogens is 1. The van der Waals surface area contributed by atoms with Gasteiger partial charge in [-0.2, -0.15) is 0 Å². The third kappa shape index (κ3) is 2.38. The van der Waals surface area contributed by atoms with Gasteiger partial charge in [-0.15, -0.1) is 0 Å². The SMILES string of the molecule is OC[C@H]1CCCCN1c1ccnc(Cl)n1. The Hall–Kier alpha value is -0.870. The monoisotopic (exact) mass is 227 g/mol. The minimum absolute atomic E-state index is 0.168. The number of aliphatic hydroxyl groups excluding tert-OH is 1. The average molecular weight is 228 g/mol. The highest BCUT2D eigenvalue weighted by Gasteiger charge is 2.22. The summed E-state index contributed by atoms with van der Waals surface area (Å²) in [5.41, 5.74) is 0. The molecule has 2 rings (SSSR count). The van der Waals surface area contributed by atoms with Crippen molar-refractivity contribution in [1.29, 1.82) is 0 Å². The summed E-state index contributed by atoms with van der Waals surface area (Å²) >= 11 is 5.74. The molecule has 15 heavy (non-hydrogen) atoms. The topological polar surface area (TPSA) is 49.2 Å². The van der Waals surface area contributed by atoms with E-state index in [1.54, 1.807) is 6.20 Å². The molecule has 1 atom stereocenters. The molecule has 4 nitrogen and oxygen atoms in total. The van der Waals surface area contributed by atoms with Gasteiger partial charge in [-0.25, -0.2) is 9.97 Å². The van der Waals surface area contributed by atoms with Crippen molar-refractivity contribution in [2.45, 2.75) is 25.3 Å². The Kier molecular flexibility index (Phi) is 3.38. The largest absolute Gasteiger partial charge is 0.394 e. The van der Waals surface area contributed by atoms with Crippen molar-refractivity contribution in [3.63, 3.8) is 0 Å². The van der Waals surface area contributed by atoms with Crippen LogP contribution in [-0.2, 0) is 0 Å². The molecule has 82 valence electrons. The van der Waals surface area contributed by atoms with Gasteiger partial charge in [0.1, 0.15) is 5.82 Å². The van der Waals surface area contributed by atoms with Gasteiger partial charge in [-0.05, 0) is 36.9 Å². The van der Waals surface area contributed by atoms with Crippen molar-refractivity contribution < 1.29 is 5.11 Å². The van der Waals surface area contributed by atoms with Gasteiger partial charge in [-0.3, -0.25) is 0 Å². The maximum atomic E-state index is 9.27. The van der Waals surface area contributed by atoms with Crippen molar-refractivity contribution in [1.82, 2.24) is 9.97 Å². The first-order valence-corrected chi connectivity index (χ1v) is 5.55. The highest BCUT2D eigenvalue weighted by molar-refractivity contribution is 6.28. The second-order valence-electron chi connectivity index (χ2n) is 3.71. The summed E-state index contributed by atoms with van der Waals surface area (Å²) in [4.78, 5) is 10.1. The van der Waals surface area contributed by atoms with E-state index >= 15 is 0 Å². The van der Waals surface area contributed by atoms with Gasteiger partial charge in [0.05, 0.1) is 12.6 Å². The first kappa shape index (κ1) is 10.6. The highest BCUT2D eigenvalue weighted by atomic mass is 35.5. The lowest BCUT2D eigenvalue weighted by Crippen LogP contribution is -2.42. The molecule has 0 aliphatic carbocycles. The van der Waals surface area contributed by atoms with Crippen molar-refractivity contribution in [3.8, 4) is 0 Å². The standard InChI is InChI=1S/C10H14ClN3O/c11-10-12-5-4-9(13-10)14-6-2-1-3-8(14)7-15/h4-5,8,15H,1-3,6-7H2/t8-/m1/s1. The molecule has 1 saturated heterocycles. The Morgan fingerprint density at radius 1 is 1.53 bits per heavy atom. The van der Waals surface area contributed by atoms with Crippen LogP contribution in [0.1, 0.15) is 19.3 Å². The van der Waals surface area contributed by atoms with Gasteiger partial charge in [0.15, 0.2) is 0 Å². The van der Waals surface area contributed by atoms with E-state index in [9.17, 15) is 5.11 Å². The van der Waals surface area contributed by atoms with Gasteiger partial charge in [-0.1, -0.05) is 0 Å². The number of anilines is 1. The summed E-state index contributed by atoms with van der Waals surface area (Å²) in [5.74, 6) is 0.814. The zero-order valence-corrected chi connectivity index (χ0v) is 9.19. The Labute approximate surface area is 93.9 Å². The molecule has 0 spiro atoms. The molecule has 0 saturated carbocycles. The average Bonchev–Trinajstić information content (AvgIpc) is 2.29. The molecule has 5 heteroatoms. The molecule has 0 aromatic carbocycles. The van der Waals surface area contributed by atoms with E-state index < -0.39 is 0 Å². The molecular formula is C10H14ClN3O. The molecule has 2 heterocycles. The summed E-state index contributed by atoms with van der Waals surface area (Å²) in [5, 5.41) is 9.53. The Bertz CT molecular complexity index is 334. The minimum Gasteiger partial charge on any atom is -0.394 e. The first-order chi connectivity index (χ1) is 7.31. The van der Waals surface area contributed by atoms with Gasteiger partial charge in [0.2, 0.25) is 5.28 Å². The van der Waals surface area contributed by atoms with Crippen LogP contribution >= 0.6 is 11.6 Å². The number of piperidine rings is 1. The van der Waals surface area contributed by atoms with Gasteiger partial charge >= 0.3 is 0 Å². The van der Waals surface area contributed by atoms with Crippen LogP contribution in [0.4, 0.5) is 5.82 Å². The summed E-state index contributed by atoms with van der Waals surface area (Å²) in [7, 11) is 0. The van der Waals surface area contributed by atoms with E-state index in [4.69, 9.17) is 11.6 Å². The van der Waals surface area contributed by atoms with Crippen LogP contribution in [0, 0.1) is 0 Å². The van der Waals surface area contributed by atoms with Crippen LogP contribution in [-0.4, -0.2) is 34.3 Å². The third-order valence-electron chi connectivity index (χ3n) is 2.74. The number of rotatable bonds is 2. The van der Waals surface area contributed by atoms with Crippen molar-refractivity contribution >= 4 is 17.4 Å². The number of aromatic nitrogens is 2. The minimum atomic E-state index is 0.168. The summed E-state index contributed by atoms with van der Waals surface area (Å²) in [6, 6.07) is 2.00. The molecule has 0 unspecified atom stereocenters. The van der Waals surface area contributed by atoms with E-state index in [1.807, 2.05) is 6.07 Å². The molecule has 1 aromatic heterocycles. The zero-order valence-electron chi connectivity index (χ0n) is 8.43. The van der Waals surface area contributed by atoms with Gasteiger partial charge in [0, 0.05) is 12.7 Å². The fourth-order valence-corrected chi connectivity index (χ4v) is 2.12. The van der Waals surface area contributed by atoms with Crippen LogP contribution in [0.2, 0.25) is 5.28 Å². The lowest BCUT2D eigenvalue weighted by Gasteiger charge is -2.35. The second-order valence-corrected chi connectivity index (χ2v) is 4.05. The normalized spacial score (nSPS) is 21.7. The summed E-state index contributed by atoms with van der Waals surface area (Å²) in [6.45, 7) is 1.10. The molecule has 0 amide bonds. The molecule has 0 bridgehead atoms. The Morgan fingerprint density at radius 2 is 2.40 bits per heavy atom. The summed E-state index contributed by atoms with van der Waals surface area (Å²) in [6.07, 6.45) is 4.96. The number of aliphatic hydroxyl groups is 1. The zero-order chi connectivity index (χ0) is 10.7. The molecule has 0 radical (unpaired) electrons. The predicted molar refractivity (Wildman–Crippen MR) is 59.1 cm³/mol. The van der Waals surface area contributed by atoms with E-state index in [0.717, 1.165) is 25.2 Å². The Balaban J connectivity index is 2.20. The van der Waals surface area contributed by atoms with Crippen LogP contribution in [0.5, 0.6) is 0 Å². The van der Waals surface area contributed by atoms with Gasteiger partial charge in [0.25, 0.3) is 0 Å². The predicted octanol–water partition coefficient (Wildman–Crippen LogP) is 1.48. The summed E-state index contributed by atoms with van der Waals surface area (Å²) < 4.78 is 0. The van der Waals surface area contributed by atoms with Crippen LogP contribution in [0.25, 0.3) is 0 Å². The van der Waals surface area contributed by atoms with E-state index in [2.05, 4.69) is 14.9 Å². The second kappa shape index (κ2) is 4.77.